The summed E-state index contributed by atoms with van der Waals surface area (Å²) in [6.45, 7) is 1.68. The van der Waals surface area contributed by atoms with E-state index < -0.39 is 0 Å². The molecule has 4 heteroatoms. The molecule has 0 aromatic heterocycles. The first-order valence-electron chi connectivity index (χ1n) is 9.46. The molecule has 0 saturated carbocycles. The minimum absolute atomic E-state index is 0.0855. The van der Waals surface area contributed by atoms with E-state index in [1.165, 1.54) is 5.56 Å². The maximum atomic E-state index is 12.6. The summed E-state index contributed by atoms with van der Waals surface area (Å²) in [4.78, 5) is 14.4. The molecule has 28 heavy (non-hydrogen) atoms. The lowest BCUT2D eigenvalue weighted by molar-refractivity contribution is -0.129. The third-order valence-corrected chi connectivity index (χ3v) is 4.87. The fourth-order valence-corrected chi connectivity index (χ4v) is 3.30. The van der Waals surface area contributed by atoms with Gasteiger partial charge < -0.3 is 14.4 Å². The topological polar surface area (TPSA) is 38.8 Å². The standard InChI is InChI=1S/C24H23NO3/c1-25(17-19-9-12-22-23(15-19)28-14-13-27-22)24(26)16-18-7-10-21(11-8-18)20-5-3-2-4-6-20/h2-12,15H,13-14,16-17H2,1H3. The van der Waals surface area contributed by atoms with Gasteiger partial charge in [-0.05, 0) is 34.4 Å². The van der Waals surface area contributed by atoms with Crippen molar-refractivity contribution in [2.45, 2.75) is 13.0 Å². The van der Waals surface area contributed by atoms with Crippen LogP contribution in [0.5, 0.6) is 11.5 Å². The Balaban J connectivity index is 1.38. The van der Waals surface area contributed by atoms with Crippen molar-refractivity contribution in [3.05, 3.63) is 83.9 Å². The molecule has 0 fully saturated rings. The van der Waals surface area contributed by atoms with Crippen molar-refractivity contribution in [2.24, 2.45) is 0 Å². The molecule has 1 amide bonds. The van der Waals surface area contributed by atoms with Gasteiger partial charge in [-0.3, -0.25) is 4.79 Å². The number of rotatable bonds is 5. The number of fused-ring (bicyclic) bond motifs is 1. The summed E-state index contributed by atoms with van der Waals surface area (Å²) < 4.78 is 11.2. The van der Waals surface area contributed by atoms with E-state index >= 15 is 0 Å². The second-order valence-electron chi connectivity index (χ2n) is 6.97. The van der Waals surface area contributed by atoms with Crippen LogP contribution in [0, 0.1) is 0 Å². The third kappa shape index (κ3) is 4.17. The van der Waals surface area contributed by atoms with Crippen LogP contribution in [0.25, 0.3) is 11.1 Å². The van der Waals surface area contributed by atoms with Crippen LogP contribution in [-0.4, -0.2) is 31.1 Å². The average molecular weight is 373 g/mol. The fraction of sp³-hybridized carbons (Fsp3) is 0.208. The van der Waals surface area contributed by atoms with E-state index in [4.69, 9.17) is 9.47 Å². The maximum absolute atomic E-state index is 12.6. The molecule has 142 valence electrons. The van der Waals surface area contributed by atoms with Crippen molar-refractivity contribution in [1.29, 1.82) is 0 Å². The lowest BCUT2D eigenvalue weighted by Gasteiger charge is -2.21. The number of carbonyl (C=O) groups excluding carboxylic acids is 1. The Hall–Kier alpha value is -3.27. The van der Waals surface area contributed by atoms with Crippen molar-refractivity contribution >= 4 is 5.91 Å². The highest BCUT2D eigenvalue weighted by molar-refractivity contribution is 5.79. The van der Waals surface area contributed by atoms with E-state index in [9.17, 15) is 4.79 Å². The van der Waals surface area contributed by atoms with E-state index in [1.54, 1.807) is 4.90 Å². The highest BCUT2D eigenvalue weighted by Gasteiger charge is 2.15. The monoisotopic (exact) mass is 373 g/mol. The molecular weight excluding hydrogens is 350 g/mol. The molecule has 0 saturated heterocycles. The molecule has 0 N–H and O–H groups in total. The maximum Gasteiger partial charge on any atom is 0.227 e. The molecule has 1 heterocycles. The van der Waals surface area contributed by atoms with Gasteiger partial charge in [0.25, 0.3) is 0 Å². The first-order chi connectivity index (χ1) is 13.7. The Labute approximate surface area is 165 Å². The molecule has 0 spiro atoms. The molecule has 3 aromatic rings. The molecule has 0 radical (unpaired) electrons. The Morgan fingerprint density at radius 2 is 1.46 bits per heavy atom. The first kappa shape index (κ1) is 18.1. The predicted molar refractivity (Wildman–Crippen MR) is 109 cm³/mol. The second kappa shape index (κ2) is 8.17. The van der Waals surface area contributed by atoms with Gasteiger partial charge in [0.1, 0.15) is 13.2 Å². The van der Waals surface area contributed by atoms with Crippen molar-refractivity contribution in [3.8, 4) is 22.6 Å². The smallest absolute Gasteiger partial charge is 0.227 e. The van der Waals surface area contributed by atoms with Crippen LogP contribution in [0.3, 0.4) is 0 Å². The Bertz CT molecular complexity index is 951. The predicted octanol–water partition coefficient (Wildman–Crippen LogP) is 4.33. The summed E-state index contributed by atoms with van der Waals surface area (Å²) in [5.41, 5.74) is 4.37. The van der Waals surface area contributed by atoms with Gasteiger partial charge >= 0.3 is 0 Å². The largest absolute Gasteiger partial charge is 0.486 e. The fourth-order valence-electron chi connectivity index (χ4n) is 3.30. The number of amides is 1. The van der Waals surface area contributed by atoms with Crippen LogP contribution in [0.1, 0.15) is 11.1 Å². The summed E-state index contributed by atoms with van der Waals surface area (Å²) in [6.07, 6.45) is 0.385. The van der Waals surface area contributed by atoms with Gasteiger partial charge in [0, 0.05) is 13.6 Å². The summed E-state index contributed by atoms with van der Waals surface area (Å²) in [5.74, 6) is 1.60. The lowest BCUT2D eigenvalue weighted by atomic mass is 10.0. The highest BCUT2D eigenvalue weighted by atomic mass is 16.6. The molecule has 1 aliphatic rings. The quantitative estimate of drug-likeness (QED) is 0.668. The molecule has 3 aromatic carbocycles. The molecule has 4 nitrogen and oxygen atoms in total. The highest BCUT2D eigenvalue weighted by Crippen LogP contribution is 2.31. The van der Waals surface area contributed by atoms with E-state index in [2.05, 4.69) is 24.3 Å². The molecule has 0 bridgehead atoms. The van der Waals surface area contributed by atoms with Crippen molar-refractivity contribution in [3.63, 3.8) is 0 Å². The number of ether oxygens (including phenoxy) is 2. The van der Waals surface area contributed by atoms with E-state index in [-0.39, 0.29) is 5.91 Å². The zero-order valence-electron chi connectivity index (χ0n) is 15.9. The number of hydrogen-bond acceptors (Lipinski definition) is 3. The van der Waals surface area contributed by atoms with Crippen LogP contribution >= 0.6 is 0 Å². The molecule has 0 unspecified atom stereocenters. The Kier molecular flexibility index (Phi) is 5.29. The molecule has 0 aliphatic carbocycles. The Morgan fingerprint density at radius 3 is 2.21 bits per heavy atom. The van der Waals surface area contributed by atoms with Crippen LogP contribution in [0.4, 0.5) is 0 Å². The van der Waals surface area contributed by atoms with Gasteiger partial charge in [-0.1, -0.05) is 60.7 Å². The van der Waals surface area contributed by atoms with Gasteiger partial charge in [0.2, 0.25) is 5.91 Å². The average Bonchev–Trinajstić information content (AvgIpc) is 2.75. The normalized spacial score (nSPS) is 12.5. The van der Waals surface area contributed by atoms with Crippen LogP contribution < -0.4 is 9.47 Å². The number of benzene rings is 3. The number of nitrogens with zero attached hydrogens (tertiary/aromatic N) is 1. The zero-order chi connectivity index (χ0) is 19.3. The SMILES string of the molecule is CN(Cc1ccc2c(c1)OCCO2)C(=O)Cc1ccc(-c2ccccc2)cc1. The summed E-state index contributed by atoms with van der Waals surface area (Å²) in [5, 5.41) is 0. The molecule has 4 rings (SSSR count). The third-order valence-electron chi connectivity index (χ3n) is 4.87. The summed E-state index contributed by atoms with van der Waals surface area (Å²) in [7, 11) is 1.83. The Morgan fingerprint density at radius 1 is 0.821 bits per heavy atom. The second-order valence-corrected chi connectivity index (χ2v) is 6.97. The number of carbonyl (C=O) groups is 1. The van der Waals surface area contributed by atoms with Gasteiger partial charge in [-0.2, -0.15) is 0 Å². The van der Waals surface area contributed by atoms with E-state index in [1.807, 2.05) is 55.6 Å². The van der Waals surface area contributed by atoms with Crippen LogP contribution in [0.2, 0.25) is 0 Å². The number of hydrogen-bond donors (Lipinski definition) is 0. The van der Waals surface area contributed by atoms with Gasteiger partial charge in [0.05, 0.1) is 6.42 Å². The molecule has 0 atom stereocenters. The van der Waals surface area contributed by atoms with Crippen molar-refractivity contribution in [1.82, 2.24) is 4.90 Å². The zero-order valence-corrected chi connectivity index (χ0v) is 15.9. The van der Waals surface area contributed by atoms with E-state index in [0.717, 1.165) is 28.2 Å². The van der Waals surface area contributed by atoms with Crippen LogP contribution in [-0.2, 0) is 17.8 Å². The summed E-state index contributed by atoms with van der Waals surface area (Å²) >= 11 is 0. The number of likely N-dealkylation sites (N-methyl/N-ethyl adjacent to an activating group) is 1. The lowest BCUT2D eigenvalue weighted by Crippen LogP contribution is -2.27. The molecule has 1 aliphatic heterocycles. The minimum atomic E-state index is 0.0855. The van der Waals surface area contributed by atoms with Gasteiger partial charge in [-0.25, -0.2) is 0 Å². The summed E-state index contributed by atoms with van der Waals surface area (Å²) in [6, 6.07) is 24.3. The van der Waals surface area contributed by atoms with Crippen molar-refractivity contribution < 1.29 is 14.3 Å². The minimum Gasteiger partial charge on any atom is -0.486 e. The molecular formula is C24H23NO3. The van der Waals surface area contributed by atoms with Gasteiger partial charge in [0.15, 0.2) is 11.5 Å². The van der Waals surface area contributed by atoms with Gasteiger partial charge in [-0.15, -0.1) is 0 Å². The first-order valence-corrected chi connectivity index (χ1v) is 9.46. The van der Waals surface area contributed by atoms with Crippen LogP contribution in [0.15, 0.2) is 72.8 Å². The van der Waals surface area contributed by atoms with E-state index in [0.29, 0.717) is 26.2 Å². The van der Waals surface area contributed by atoms with Crippen molar-refractivity contribution in [2.75, 3.05) is 20.3 Å².